The molecule has 3 rings (SSSR count). The minimum Gasteiger partial charge on any atom is -0.508 e. The van der Waals surface area contributed by atoms with E-state index in [9.17, 15) is 10.2 Å². The first kappa shape index (κ1) is 12.0. The monoisotopic (exact) mass is 318 g/mol. The first-order chi connectivity index (χ1) is 9.06. The normalized spacial score (nSPS) is 11.1. The van der Waals surface area contributed by atoms with Crippen LogP contribution < -0.4 is 0 Å². The van der Waals surface area contributed by atoms with Gasteiger partial charge >= 0.3 is 0 Å². The van der Waals surface area contributed by atoms with E-state index in [4.69, 9.17) is 0 Å². The molecule has 1 heterocycles. The van der Waals surface area contributed by atoms with Crippen LogP contribution in [0.5, 0.6) is 11.5 Å². The summed E-state index contributed by atoms with van der Waals surface area (Å²) in [6.07, 6.45) is 0. The van der Waals surface area contributed by atoms with Gasteiger partial charge in [-0.3, -0.25) is 0 Å². The highest BCUT2D eigenvalue weighted by Gasteiger charge is 2.12. The molecule has 2 aromatic carbocycles. The van der Waals surface area contributed by atoms with Gasteiger partial charge in [-0.05, 0) is 64.8 Å². The highest BCUT2D eigenvalue weighted by atomic mass is 79.9. The van der Waals surface area contributed by atoms with Gasteiger partial charge in [-0.2, -0.15) is 5.10 Å². The Morgan fingerprint density at radius 2 is 1.74 bits per heavy atom. The zero-order valence-electron chi connectivity index (χ0n) is 10.1. The van der Waals surface area contributed by atoms with Crippen molar-refractivity contribution in [3.05, 3.63) is 46.6 Å². The van der Waals surface area contributed by atoms with E-state index < -0.39 is 0 Å². The van der Waals surface area contributed by atoms with Gasteiger partial charge in [0.05, 0.1) is 11.2 Å². The zero-order chi connectivity index (χ0) is 13.6. The second-order valence-corrected chi connectivity index (χ2v) is 5.13. The Bertz CT molecular complexity index is 780. The molecule has 0 aliphatic carbocycles. The number of benzene rings is 2. The molecule has 0 radical (unpaired) electrons. The number of hydrogen-bond donors (Lipinski definition) is 2. The molecule has 5 heteroatoms. The molecular weight excluding hydrogens is 308 g/mol. The second-order valence-electron chi connectivity index (χ2n) is 4.37. The first-order valence-corrected chi connectivity index (χ1v) is 6.53. The van der Waals surface area contributed by atoms with Gasteiger partial charge in [-0.25, -0.2) is 4.68 Å². The van der Waals surface area contributed by atoms with Gasteiger partial charge in [0.25, 0.3) is 0 Å². The van der Waals surface area contributed by atoms with Crippen LogP contribution in [-0.4, -0.2) is 20.0 Å². The third-order valence-corrected chi connectivity index (χ3v) is 3.77. The molecule has 2 N–H and O–H groups in total. The van der Waals surface area contributed by atoms with Crippen LogP contribution in [0.1, 0.15) is 5.56 Å². The van der Waals surface area contributed by atoms with E-state index in [1.54, 1.807) is 41.1 Å². The van der Waals surface area contributed by atoms with Crippen LogP contribution >= 0.6 is 15.9 Å². The summed E-state index contributed by atoms with van der Waals surface area (Å²) in [5, 5.41) is 24.3. The van der Waals surface area contributed by atoms with Crippen LogP contribution in [-0.2, 0) is 0 Å². The maximum Gasteiger partial charge on any atom is 0.117 e. The molecule has 4 nitrogen and oxygen atoms in total. The standard InChI is InChI=1S/C14H11BrN2O2/c1-8-6-9(18)3-5-13(8)17-14(15)11-7-10(19)2-4-12(11)16-17/h2-7,18-19H,1H3. The van der Waals surface area contributed by atoms with Gasteiger partial charge in [0.1, 0.15) is 16.1 Å². The van der Waals surface area contributed by atoms with Crippen molar-refractivity contribution < 1.29 is 10.2 Å². The van der Waals surface area contributed by atoms with Gasteiger partial charge in [0, 0.05) is 5.39 Å². The Morgan fingerprint density at radius 3 is 2.47 bits per heavy atom. The van der Waals surface area contributed by atoms with Crippen LogP contribution in [0.3, 0.4) is 0 Å². The van der Waals surface area contributed by atoms with Crippen molar-refractivity contribution in [2.75, 3.05) is 0 Å². The molecule has 0 unspecified atom stereocenters. The number of aryl methyl sites for hydroxylation is 1. The summed E-state index contributed by atoms with van der Waals surface area (Å²) in [7, 11) is 0. The summed E-state index contributed by atoms with van der Waals surface area (Å²) < 4.78 is 2.52. The molecule has 0 bridgehead atoms. The van der Waals surface area contributed by atoms with Gasteiger partial charge in [0.15, 0.2) is 0 Å². The predicted octanol–water partition coefficient (Wildman–Crippen LogP) is 3.51. The lowest BCUT2D eigenvalue weighted by molar-refractivity contribution is 0.474. The van der Waals surface area contributed by atoms with Gasteiger partial charge in [-0.1, -0.05) is 0 Å². The van der Waals surface area contributed by atoms with Crippen LogP contribution in [0.25, 0.3) is 16.6 Å². The fraction of sp³-hybridized carbons (Fsp3) is 0.0714. The summed E-state index contributed by atoms with van der Waals surface area (Å²) >= 11 is 3.50. The fourth-order valence-electron chi connectivity index (χ4n) is 2.08. The number of phenols is 2. The van der Waals surface area contributed by atoms with Gasteiger partial charge in [-0.15, -0.1) is 0 Å². The third kappa shape index (κ3) is 1.96. The fourth-order valence-corrected chi connectivity index (χ4v) is 2.67. The molecule has 3 aromatic rings. The highest BCUT2D eigenvalue weighted by Crippen LogP contribution is 2.30. The number of aromatic hydroxyl groups is 2. The SMILES string of the molecule is Cc1cc(O)ccc1-n1nc2ccc(O)cc2c1Br. The molecule has 0 saturated carbocycles. The van der Waals surface area contributed by atoms with Crippen LogP contribution in [0.15, 0.2) is 41.0 Å². The van der Waals surface area contributed by atoms with Crippen molar-refractivity contribution in [2.45, 2.75) is 6.92 Å². The molecular formula is C14H11BrN2O2. The molecule has 0 saturated heterocycles. The number of halogens is 1. The molecule has 0 atom stereocenters. The smallest absolute Gasteiger partial charge is 0.117 e. The summed E-state index contributed by atoms with van der Waals surface area (Å²) in [6.45, 7) is 1.91. The van der Waals surface area contributed by atoms with E-state index in [2.05, 4.69) is 21.0 Å². The minimum atomic E-state index is 0.204. The number of aromatic nitrogens is 2. The van der Waals surface area contributed by atoms with E-state index in [-0.39, 0.29) is 11.5 Å². The Kier molecular flexibility index (Phi) is 2.71. The lowest BCUT2D eigenvalue weighted by Gasteiger charge is -2.07. The summed E-state index contributed by atoms with van der Waals surface area (Å²) in [4.78, 5) is 0. The molecule has 0 spiro atoms. The van der Waals surface area contributed by atoms with Crippen molar-refractivity contribution >= 4 is 26.8 Å². The molecule has 0 aliphatic heterocycles. The summed E-state index contributed by atoms with van der Waals surface area (Å²) in [6, 6.07) is 10.2. The number of hydrogen-bond acceptors (Lipinski definition) is 3. The Labute approximate surface area is 118 Å². The quantitative estimate of drug-likeness (QED) is 0.722. The lowest BCUT2D eigenvalue weighted by atomic mass is 10.2. The van der Waals surface area contributed by atoms with Crippen LogP contribution in [0.4, 0.5) is 0 Å². The summed E-state index contributed by atoms with van der Waals surface area (Å²) in [5.74, 6) is 0.432. The Balaban J connectivity index is 2.28. The van der Waals surface area contributed by atoms with Crippen LogP contribution in [0, 0.1) is 6.92 Å². The topological polar surface area (TPSA) is 58.3 Å². The van der Waals surface area contributed by atoms with E-state index in [0.717, 1.165) is 26.8 Å². The highest BCUT2D eigenvalue weighted by molar-refractivity contribution is 9.10. The molecule has 0 amide bonds. The predicted molar refractivity (Wildman–Crippen MR) is 76.8 cm³/mol. The first-order valence-electron chi connectivity index (χ1n) is 5.73. The molecule has 19 heavy (non-hydrogen) atoms. The van der Waals surface area contributed by atoms with Crippen LogP contribution in [0.2, 0.25) is 0 Å². The molecule has 1 aromatic heterocycles. The zero-order valence-corrected chi connectivity index (χ0v) is 11.7. The number of fused-ring (bicyclic) bond motifs is 1. The maximum atomic E-state index is 9.53. The molecule has 96 valence electrons. The lowest BCUT2D eigenvalue weighted by Crippen LogP contribution is -1.98. The second kappa shape index (κ2) is 4.28. The number of phenolic OH excluding ortho intramolecular Hbond substituents is 2. The average Bonchev–Trinajstić information content (AvgIpc) is 2.67. The Hall–Kier alpha value is -2.01. The molecule has 0 fully saturated rings. The van der Waals surface area contributed by atoms with Crippen molar-refractivity contribution in [3.63, 3.8) is 0 Å². The largest absolute Gasteiger partial charge is 0.508 e. The number of nitrogens with zero attached hydrogens (tertiary/aromatic N) is 2. The maximum absolute atomic E-state index is 9.53. The van der Waals surface area contributed by atoms with E-state index in [1.165, 1.54) is 0 Å². The van der Waals surface area contributed by atoms with E-state index in [1.807, 2.05) is 6.92 Å². The van der Waals surface area contributed by atoms with Crippen molar-refractivity contribution in [2.24, 2.45) is 0 Å². The molecule has 0 aliphatic rings. The van der Waals surface area contributed by atoms with Gasteiger partial charge in [0.2, 0.25) is 0 Å². The summed E-state index contributed by atoms with van der Waals surface area (Å²) in [5.41, 5.74) is 2.58. The average molecular weight is 319 g/mol. The number of rotatable bonds is 1. The Morgan fingerprint density at radius 1 is 1.05 bits per heavy atom. The van der Waals surface area contributed by atoms with Crippen molar-refractivity contribution in [1.29, 1.82) is 0 Å². The van der Waals surface area contributed by atoms with E-state index in [0.29, 0.717) is 0 Å². The van der Waals surface area contributed by atoms with Crippen molar-refractivity contribution in [1.82, 2.24) is 9.78 Å². The third-order valence-electron chi connectivity index (χ3n) is 3.00. The van der Waals surface area contributed by atoms with Crippen molar-refractivity contribution in [3.8, 4) is 17.2 Å². The van der Waals surface area contributed by atoms with Gasteiger partial charge < -0.3 is 10.2 Å². The minimum absolute atomic E-state index is 0.204. The van der Waals surface area contributed by atoms with E-state index >= 15 is 0 Å².